The van der Waals surface area contributed by atoms with Gasteiger partial charge in [-0.25, -0.2) is 0 Å². The Morgan fingerprint density at radius 2 is 1.71 bits per heavy atom. The van der Waals surface area contributed by atoms with Crippen LogP contribution in [0.1, 0.15) is 47.2 Å². The zero-order chi connectivity index (χ0) is 16.4. The van der Waals surface area contributed by atoms with Crippen LogP contribution < -0.4 is 5.32 Å². The van der Waals surface area contributed by atoms with Crippen molar-refractivity contribution in [2.45, 2.75) is 44.6 Å². The highest BCUT2D eigenvalue weighted by molar-refractivity contribution is 5.95. The topological polar surface area (TPSA) is 29.1 Å². The molecule has 1 amide bonds. The maximum Gasteiger partial charge on any atom is 0.251 e. The zero-order valence-electron chi connectivity index (χ0n) is 14.1. The molecular formula is C22H25NO. The Bertz CT molecular complexity index is 709. The van der Waals surface area contributed by atoms with Crippen molar-refractivity contribution in [3.05, 3.63) is 71.3 Å². The van der Waals surface area contributed by atoms with E-state index in [0.29, 0.717) is 6.04 Å². The Hall–Kier alpha value is -2.09. The normalized spacial score (nSPS) is 24.9. The van der Waals surface area contributed by atoms with E-state index in [1.165, 1.54) is 31.2 Å². The van der Waals surface area contributed by atoms with E-state index >= 15 is 0 Å². The summed E-state index contributed by atoms with van der Waals surface area (Å²) in [6.45, 7) is 0. The van der Waals surface area contributed by atoms with E-state index in [1.807, 2.05) is 24.3 Å². The lowest BCUT2D eigenvalue weighted by Gasteiger charge is -2.23. The lowest BCUT2D eigenvalue weighted by Crippen LogP contribution is -2.38. The molecule has 2 aromatic rings. The van der Waals surface area contributed by atoms with Gasteiger partial charge in [-0.15, -0.1) is 0 Å². The molecule has 0 heterocycles. The Morgan fingerprint density at radius 1 is 0.917 bits per heavy atom. The summed E-state index contributed by atoms with van der Waals surface area (Å²) in [5, 5.41) is 3.33. The summed E-state index contributed by atoms with van der Waals surface area (Å²) >= 11 is 0. The molecular weight excluding hydrogens is 294 g/mol. The van der Waals surface area contributed by atoms with E-state index in [4.69, 9.17) is 0 Å². The van der Waals surface area contributed by atoms with Gasteiger partial charge in [-0.05, 0) is 61.1 Å². The molecule has 2 saturated carbocycles. The first-order valence-electron chi connectivity index (χ1n) is 9.22. The van der Waals surface area contributed by atoms with Gasteiger partial charge >= 0.3 is 0 Å². The minimum Gasteiger partial charge on any atom is -0.349 e. The Kier molecular flexibility index (Phi) is 4.38. The van der Waals surface area contributed by atoms with Crippen molar-refractivity contribution in [2.24, 2.45) is 11.8 Å². The van der Waals surface area contributed by atoms with Crippen molar-refractivity contribution >= 4 is 5.91 Å². The van der Waals surface area contributed by atoms with Crippen LogP contribution in [-0.2, 0) is 12.8 Å². The van der Waals surface area contributed by atoms with Gasteiger partial charge in [-0.1, -0.05) is 55.0 Å². The van der Waals surface area contributed by atoms with Gasteiger partial charge in [0, 0.05) is 11.6 Å². The summed E-state index contributed by atoms with van der Waals surface area (Å²) in [5.41, 5.74) is 3.33. The molecule has 24 heavy (non-hydrogen) atoms. The number of hydrogen-bond donors (Lipinski definition) is 1. The Labute approximate surface area is 144 Å². The Balaban J connectivity index is 1.44. The van der Waals surface area contributed by atoms with E-state index in [2.05, 4.69) is 35.6 Å². The molecule has 2 aliphatic carbocycles. The predicted molar refractivity (Wildman–Crippen MR) is 97.0 cm³/mol. The van der Waals surface area contributed by atoms with Crippen molar-refractivity contribution in [1.29, 1.82) is 0 Å². The van der Waals surface area contributed by atoms with Gasteiger partial charge in [0.2, 0.25) is 0 Å². The average Bonchev–Trinajstić information content (AvgIpc) is 3.24. The molecule has 124 valence electrons. The van der Waals surface area contributed by atoms with Crippen LogP contribution in [0.4, 0.5) is 0 Å². The maximum absolute atomic E-state index is 12.8. The molecule has 0 radical (unpaired) electrons. The first-order valence-corrected chi connectivity index (χ1v) is 9.22. The molecule has 2 bridgehead atoms. The van der Waals surface area contributed by atoms with E-state index in [-0.39, 0.29) is 5.91 Å². The maximum atomic E-state index is 12.8. The number of benzene rings is 2. The van der Waals surface area contributed by atoms with Gasteiger partial charge in [-0.3, -0.25) is 4.79 Å². The number of carbonyl (C=O) groups is 1. The fourth-order valence-corrected chi connectivity index (χ4v) is 4.55. The van der Waals surface area contributed by atoms with Crippen LogP contribution in [0.3, 0.4) is 0 Å². The first kappa shape index (κ1) is 15.4. The highest BCUT2D eigenvalue weighted by Crippen LogP contribution is 2.44. The molecule has 0 unspecified atom stereocenters. The number of nitrogens with one attached hydrogen (secondary N) is 1. The number of carbonyl (C=O) groups excluding carboxylic acids is 1. The van der Waals surface area contributed by atoms with Gasteiger partial charge in [0.05, 0.1) is 0 Å². The average molecular weight is 319 g/mol. The third-order valence-corrected chi connectivity index (χ3v) is 5.84. The van der Waals surface area contributed by atoms with Crippen molar-refractivity contribution in [3.63, 3.8) is 0 Å². The second-order valence-electron chi connectivity index (χ2n) is 7.40. The van der Waals surface area contributed by atoms with Gasteiger partial charge in [0.15, 0.2) is 0 Å². The molecule has 0 saturated heterocycles. The second-order valence-corrected chi connectivity index (χ2v) is 7.40. The van der Waals surface area contributed by atoms with E-state index in [9.17, 15) is 4.79 Å². The molecule has 4 rings (SSSR count). The monoisotopic (exact) mass is 319 g/mol. The van der Waals surface area contributed by atoms with Crippen LogP contribution in [0.5, 0.6) is 0 Å². The van der Waals surface area contributed by atoms with Crippen molar-refractivity contribution in [3.8, 4) is 0 Å². The molecule has 3 atom stereocenters. The van der Waals surface area contributed by atoms with Crippen LogP contribution in [-0.4, -0.2) is 11.9 Å². The van der Waals surface area contributed by atoms with Gasteiger partial charge in [-0.2, -0.15) is 0 Å². The molecule has 0 aliphatic heterocycles. The molecule has 2 nitrogen and oxygen atoms in total. The summed E-state index contributed by atoms with van der Waals surface area (Å²) in [6.07, 6.45) is 7.04. The summed E-state index contributed by atoms with van der Waals surface area (Å²) in [6, 6.07) is 19.0. The van der Waals surface area contributed by atoms with E-state index < -0.39 is 0 Å². The van der Waals surface area contributed by atoms with Gasteiger partial charge < -0.3 is 5.32 Å². The number of fused-ring (bicyclic) bond motifs is 2. The third-order valence-electron chi connectivity index (χ3n) is 5.84. The quantitative estimate of drug-likeness (QED) is 0.870. The van der Waals surface area contributed by atoms with E-state index in [1.54, 1.807) is 0 Å². The summed E-state index contributed by atoms with van der Waals surface area (Å²) in [4.78, 5) is 12.8. The first-order chi connectivity index (χ1) is 11.8. The van der Waals surface area contributed by atoms with Crippen LogP contribution in [0.2, 0.25) is 0 Å². The smallest absolute Gasteiger partial charge is 0.251 e. The Morgan fingerprint density at radius 3 is 2.46 bits per heavy atom. The fourth-order valence-electron chi connectivity index (χ4n) is 4.55. The van der Waals surface area contributed by atoms with Crippen LogP contribution in [0, 0.1) is 11.8 Å². The second kappa shape index (κ2) is 6.80. The van der Waals surface area contributed by atoms with Crippen LogP contribution in [0.15, 0.2) is 54.6 Å². The van der Waals surface area contributed by atoms with Gasteiger partial charge in [0.25, 0.3) is 5.91 Å². The van der Waals surface area contributed by atoms with Crippen molar-refractivity contribution in [1.82, 2.24) is 5.32 Å². The molecule has 2 heteroatoms. The number of amides is 1. The molecule has 2 aromatic carbocycles. The minimum atomic E-state index is 0.121. The lowest BCUT2D eigenvalue weighted by atomic mass is 9.94. The lowest BCUT2D eigenvalue weighted by molar-refractivity contribution is 0.0922. The predicted octanol–water partition coefficient (Wildman–Crippen LogP) is 4.39. The number of aryl methyl sites for hydroxylation is 2. The zero-order valence-corrected chi connectivity index (χ0v) is 14.1. The highest BCUT2D eigenvalue weighted by Gasteiger charge is 2.40. The molecule has 0 aromatic heterocycles. The summed E-state index contributed by atoms with van der Waals surface area (Å²) in [7, 11) is 0. The molecule has 2 aliphatic rings. The summed E-state index contributed by atoms with van der Waals surface area (Å²) in [5.74, 6) is 1.69. The minimum absolute atomic E-state index is 0.121. The molecule has 2 fully saturated rings. The van der Waals surface area contributed by atoms with Gasteiger partial charge in [0.1, 0.15) is 0 Å². The van der Waals surface area contributed by atoms with Crippen LogP contribution in [0.25, 0.3) is 0 Å². The number of rotatable bonds is 5. The standard InChI is InChI=1S/C22H25NO/c24-22(23-21-15-17-11-13-19(21)14-17)20-9-5-4-8-18(20)12-10-16-6-2-1-3-7-16/h1-9,17,19,21H,10-15H2,(H,23,24)/t17-,19-,21+/m0/s1. The highest BCUT2D eigenvalue weighted by atomic mass is 16.1. The van der Waals surface area contributed by atoms with Crippen LogP contribution >= 0.6 is 0 Å². The van der Waals surface area contributed by atoms with Crippen molar-refractivity contribution in [2.75, 3.05) is 0 Å². The largest absolute Gasteiger partial charge is 0.349 e. The number of hydrogen-bond acceptors (Lipinski definition) is 1. The third kappa shape index (κ3) is 3.24. The van der Waals surface area contributed by atoms with Crippen molar-refractivity contribution < 1.29 is 4.79 Å². The molecule has 0 spiro atoms. The fraction of sp³-hybridized carbons (Fsp3) is 0.409. The molecule has 1 N–H and O–H groups in total. The SMILES string of the molecule is O=C(N[C@@H]1C[C@H]2CC[C@H]1C2)c1ccccc1CCc1ccccc1. The van der Waals surface area contributed by atoms with E-state index in [0.717, 1.165) is 35.8 Å². The summed E-state index contributed by atoms with van der Waals surface area (Å²) < 4.78 is 0.